The second-order valence-electron chi connectivity index (χ2n) is 9.55. The topological polar surface area (TPSA) is 88.2 Å². The van der Waals surface area contributed by atoms with Gasteiger partial charge in [-0.1, -0.05) is 30.3 Å². The lowest BCUT2D eigenvalue weighted by Crippen LogP contribution is -2.52. The maximum Gasteiger partial charge on any atom is 0.255 e. The molecule has 35 heavy (non-hydrogen) atoms. The molecule has 2 saturated heterocycles. The van der Waals surface area contributed by atoms with Crippen molar-refractivity contribution in [2.24, 2.45) is 0 Å². The van der Waals surface area contributed by atoms with Crippen LogP contribution in [0, 0.1) is 0 Å². The number of nitrogens with zero attached hydrogens (tertiary/aromatic N) is 2. The molecule has 0 spiro atoms. The Kier molecular flexibility index (Phi) is 6.83. The monoisotopic (exact) mass is 477 g/mol. The number of nitrogens with one attached hydrogen (secondary N) is 1. The van der Waals surface area contributed by atoms with E-state index in [1.54, 1.807) is 17.0 Å². The third-order valence-electron chi connectivity index (χ3n) is 7.20. The van der Waals surface area contributed by atoms with Gasteiger partial charge in [0.2, 0.25) is 11.8 Å². The summed E-state index contributed by atoms with van der Waals surface area (Å²) in [5, 5.41) is 2.34. The average Bonchev–Trinajstić information content (AvgIpc) is 3.21. The molecule has 0 radical (unpaired) electrons. The van der Waals surface area contributed by atoms with Crippen LogP contribution in [0.25, 0.3) is 0 Å². The van der Waals surface area contributed by atoms with Gasteiger partial charge in [-0.2, -0.15) is 0 Å². The van der Waals surface area contributed by atoms with Crippen LogP contribution in [0.5, 0.6) is 5.75 Å². The van der Waals surface area contributed by atoms with Crippen molar-refractivity contribution < 1.29 is 23.9 Å². The van der Waals surface area contributed by atoms with Gasteiger partial charge in [0, 0.05) is 43.3 Å². The van der Waals surface area contributed by atoms with Crippen molar-refractivity contribution in [1.29, 1.82) is 0 Å². The van der Waals surface area contributed by atoms with Crippen LogP contribution >= 0.6 is 0 Å². The van der Waals surface area contributed by atoms with Crippen LogP contribution in [-0.2, 0) is 34.0 Å². The highest BCUT2D eigenvalue weighted by atomic mass is 16.5. The summed E-state index contributed by atoms with van der Waals surface area (Å²) < 4.78 is 11.6. The van der Waals surface area contributed by atoms with E-state index < -0.39 is 11.9 Å². The molecule has 1 unspecified atom stereocenters. The Morgan fingerprint density at radius 3 is 2.51 bits per heavy atom. The van der Waals surface area contributed by atoms with Crippen molar-refractivity contribution in [3.05, 3.63) is 64.7 Å². The molecule has 1 N–H and O–H groups in total. The number of amides is 3. The number of hydrogen-bond donors (Lipinski definition) is 1. The summed E-state index contributed by atoms with van der Waals surface area (Å²) in [4.78, 5) is 40.7. The van der Waals surface area contributed by atoms with Gasteiger partial charge in [-0.15, -0.1) is 0 Å². The molecule has 0 bridgehead atoms. The highest BCUT2D eigenvalue weighted by Gasteiger charge is 2.40. The third kappa shape index (κ3) is 5.09. The number of imide groups is 1. The summed E-state index contributed by atoms with van der Waals surface area (Å²) in [7, 11) is 2.17. The first-order valence-corrected chi connectivity index (χ1v) is 12.2. The predicted molar refractivity (Wildman–Crippen MR) is 129 cm³/mol. The summed E-state index contributed by atoms with van der Waals surface area (Å²) in [6, 6.07) is 13.8. The summed E-state index contributed by atoms with van der Waals surface area (Å²) >= 11 is 0. The van der Waals surface area contributed by atoms with Gasteiger partial charge < -0.3 is 14.4 Å². The average molecular weight is 478 g/mol. The summed E-state index contributed by atoms with van der Waals surface area (Å²) in [5.74, 6) is -0.250. The van der Waals surface area contributed by atoms with Gasteiger partial charge in [0.25, 0.3) is 5.91 Å². The summed E-state index contributed by atoms with van der Waals surface area (Å²) in [6.45, 7) is 3.26. The van der Waals surface area contributed by atoms with E-state index in [1.807, 2.05) is 6.07 Å². The molecular weight excluding hydrogens is 446 g/mol. The van der Waals surface area contributed by atoms with Crippen molar-refractivity contribution >= 4 is 17.7 Å². The lowest BCUT2D eigenvalue weighted by atomic mass is 10.0. The van der Waals surface area contributed by atoms with Crippen LogP contribution in [0.15, 0.2) is 42.5 Å². The zero-order valence-electron chi connectivity index (χ0n) is 20.0. The maximum absolute atomic E-state index is 13.0. The molecule has 2 fully saturated rings. The Morgan fingerprint density at radius 2 is 1.77 bits per heavy atom. The van der Waals surface area contributed by atoms with E-state index in [0.717, 1.165) is 43.7 Å². The minimum absolute atomic E-state index is 0.196. The van der Waals surface area contributed by atoms with Gasteiger partial charge in [0.1, 0.15) is 18.4 Å². The maximum atomic E-state index is 13.0. The van der Waals surface area contributed by atoms with Crippen molar-refractivity contribution in [3.63, 3.8) is 0 Å². The van der Waals surface area contributed by atoms with E-state index in [0.29, 0.717) is 36.9 Å². The number of benzene rings is 2. The molecule has 1 atom stereocenters. The number of fused-ring (bicyclic) bond motifs is 1. The molecule has 2 aromatic carbocycles. The van der Waals surface area contributed by atoms with Crippen LogP contribution in [0.1, 0.15) is 52.7 Å². The summed E-state index contributed by atoms with van der Waals surface area (Å²) in [5.41, 5.74) is 3.65. The third-order valence-corrected chi connectivity index (χ3v) is 7.20. The largest absolute Gasteiger partial charge is 0.489 e. The standard InChI is InChI=1S/C27H31N3O5/c1-29(20-11-13-34-14-12-20)15-18-5-7-19(8-6-18)17-35-24-4-2-3-21-22(24)16-30(27(21)33)23-9-10-25(31)28-26(23)32/h2-8,20,23H,9-17H2,1H3,(H,28,31,32). The molecule has 3 aliphatic rings. The number of rotatable bonds is 7. The minimum atomic E-state index is -0.632. The van der Waals surface area contributed by atoms with E-state index in [9.17, 15) is 14.4 Å². The number of carbonyl (C=O) groups is 3. The van der Waals surface area contributed by atoms with E-state index in [1.165, 1.54) is 5.56 Å². The van der Waals surface area contributed by atoms with Gasteiger partial charge in [0.05, 0.1) is 6.54 Å². The first-order valence-electron chi connectivity index (χ1n) is 12.2. The Morgan fingerprint density at radius 1 is 1.03 bits per heavy atom. The van der Waals surface area contributed by atoms with Crippen molar-refractivity contribution in [2.45, 2.75) is 57.5 Å². The fraction of sp³-hybridized carbons (Fsp3) is 0.444. The Balaban J connectivity index is 1.21. The van der Waals surface area contributed by atoms with E-state index in [-0.39, 0.29) is 18.2 Å². The van der Waals surface area contributed by atoms with Crippen molar-refractivity contribution in [1.82, 2.24) is 15.1 Å². The first-order chi connectivity index (χ1) is 17.0. The highest BCUT2D eigenvalue weighted by Crippen LogP contribution is 2.34. The normalized spacial score (nSPS) is 20.8. The van der Waals surface area contributed by atoms with Gasteiger partial charge in [-0.25, -0.2) is 0 Å². The molecule has 5 rings (SSSR count). The molecule has 3 amide bonds. The Bertz CT molecular complexity index is 1110. The Labute approximate surface area is 205 Å². The Hall–Kier alpha value is -3.23. The molecule has 0 saturated carbocycles. The second kappa shape index (κ2) is 10.2. The molecule has 0 aromatic heterocycles. The molecular formula is C27H31N3O5. The SMILES string of the molecule is CN(Cc1ccc(COc2cccc3c2CN(C2CCC(=O)NC2=O)C3=O)cc1)C1CCOCC1. The number of piperidine rings is 1. The first kappa shape index (κ1) is 23.5. The van der Waals surface area contributed by atoms with Crippen LogP contribution < -0.4 is 10.1 Å². The van der Waals surface area contributed by atoms with Crippen molar-refractivity contribution in [2.75, 3.05) is 20.3 Å². The van der Waals surface area contributed by atoms with Crippen LogP contribution in [0.2, 0.25) is 0 Å². The van der Waals surface area contributed by atoms with Gasteiger partial charge in [-0.05, 0) is 49.6 Å². The molecule has 8 nitrogen and oxygen atoms in total. The summed E-state index contributed by atoms with van der Waals surface area (Å²) in [6.07, 6.45) is 2.73. The van der Waals surface area contributed by atoms with Crippen LogP contribution in [0.4, 0.5) is 0 Å². The lowest BCUT2D eigenvalue weighted by Gasteiger charge is -2.31. The minimum Gasteiger partial charge on any atom is -0.489 e. The molecule has 184 valence electrons. The number of carbonyl (C=O) groups excluding carboxylic acids is 3. The fourth-order valence-corrected chi connectivity index (χ4v) is 5.14. The quantitative estimate of drug-likeness (QED) is 0.617. The second-order valence-corrected chi connectivity index (χ2v) is 9.55. The highest BCUT2D eigenvalue weighted by molar-refractivity contribution is 6.05. The van der Waals surface area contributed by atoms with E-state index >= 15 is 0 Å². The van der Waals surface area contributed by atoms with Gasteiger partial charge in [0.15, 0.2) is 0 Å². The predicted octanol–water partition coefficient (Wildman–Crippen LogP) is 2.64. The zero-order chi connectivity index (χ0) is 24.4. The van der Waals surface area contributed by atoms with E-state index in [4.69, 9.17) is 9.47 Å². The van der Waals surface area contributed by atoms with E-state index in [2.05, 4.69) is 41.5 Å². The number of hydrogen-bond acceptors (Lipinski definition) is 6. The number of ether oxygens (including phenoxy) is 2. The zero-order valence-corrected chi connectivity index (χ0v) is 20.0. The van der Waals surface area contributed by atoms with Gasteiger partial charge >= 0.3 is 0 Å². The van der Waals surface area contributed by atoms with Crippen molar-refractivity contribution in [3.8, 4) is 5.75 Å². The van der Waals surface area contributed by atoms with Crippen LogP contribution in [-0.4, -0.2) is 59.9 Å². The molecule has 0 aliphatic carbocycles. The fourth-order valence-electron chi connectivity index (χ4n) is 5.14. The van der Waals surface area contributed by atoms with Crippen LogP contribution in [0.3, 0.4) is 0 Å². The lowest BCUT2D eigenvalue weighted by molar-refractivity contribution is -0.136. The van der Waals surface area contributed by atoms with Gasteiger partial charge in [-0.3, -0.25) is 24.6 Å². The smallest absolute Gasteiger partial charge is 0.255 e. The molecule has 3 aliphatic heterocycles. The molecule has 8 heteroatoms. The molecule has 3 heterocycles. The molecule has 2 aromatic rings.